The Morgan fingerprint density at radius 2 is 2.21 bits per heavy atom. The van der Waals surface area contributed by atoms with Gasteiger partial charge in [0.1, 0.15) is 11.7 Å². The fourth-order valence-corrected chi connectivity index (χ4v) is 3.10. The Morgan fingerprint density at radius 3 is 2.95 bits per heavy atom. The van der Waals surface area contributed by atoms with Gasteiger partial charge in [0, 0.05) is 5.56 Å². The Balaban J connectivity index is 2.14. The van der Waals surface area contributed by atoms with Gasteiger partial charge in [-0.1, -0.05) is 18.2 Å². The van der Waals surface area contributed by atoms with Gasteiger partial charge >= 0.3 is 5.97 Å². The molecular formula is C13H14N2O3S. The highest BCUT2D eigenvalue weighted by Crippen LogP contribution is 2.44. The summed E-state index contributed by atoms with van der Waals surface area (Å²) in [7, 11) is 1.38. The van der Waals surface area contributed by atoms with Crippen LogP contribution in [0.5, 0.6) is 5.75 Å². The molecule has 5 nitrogen and oxygen atoms in total. The van der Waals surface area contributed by atoms with Crippen molar-refractivity contribution in [3.63, 3.8) is 0 Å². The lowest BCUT2D eigenvalue weighted by Gasteiger charge is -2.49. The Labute approximate surface area is 116 Å². The maximum absolute atomic E-state index is 12.1. The third-order valence-corrected chi connectivity index (χ3v) is 3.83. The van der Waals surface area contributed by atoms with Crippen LogP contribution in [-0.2, 0) is 9.53 Å². The molecule has 2 N–H and O–H groups in total. The predicted molar refractivity (Wildman–Crippen MR) is 72.6 cm³/mol. The number of carbonyl (C=O) groups excluding carboxylic acids is 1. The van der Waals surface area contributed by atoms with Crippen LogP contribution in [0, 0.1) is 5.92 Å². The maximum Gasteiger partial charge on any atom is 0.317 e. The molecule has 2 bridgehead atoms. The summed E-state index contributed by atoms with van der Waals surface area (Å²) in [5, 5.41) is 6.64. The summed E-state index contributed by atoms with van der Waals surface area (Å²) in [5.41, 5.74) is 0.0216. The Kier molecular flexibility index (Phi) is 2.63. The molecule has 3 rings (SSSR count). The lowest BCUT2D eigenvalue weighted by Crippen LogP contribution is -2.69. The van der Waals surface area contributed by atoms with Gasteiger partial charge in [0.2, 0.25) is 0 Å². The highest BCUT2D eigenvalue weighted by molar-refractivity contribution is 7.80. The molecule has 6 heteroatoms. The van der Waals surface area contributed by atoms with Crippen LogP contribution in [0.4, 0.5) is 0 Å². The molecule has 2 aliphatic rings. The number of ether oxygens (including phenoxy) is 2. The van der Waals surface area contributed by atoms with E-state index in [1.807, 2.05) is 31.2 Å². The van der Waals surface area contributed by atoms with E-state index in [2.05, 4.69) is 10.6 Å². The molecule has 0 radical (unpaired) electrons. The van der Waals surface area contributed by atoms with Crippen LogP contribution in [0.3, 0.4) is 0 Å². The Bertz CT molecular complexity index is 563. The zero-order valence-electron chi connectivity index (χ0n) is 10.6. The summed E-state index contributed by atoms with van der Waals surface area (Å²) in [6, 6.07) is 7.37. The number of fused-ring (bicyclic) bond motifs is 4. The molecule has 3 atom stereocenters. The van der Waals surface area contributed by atoms with E-state index in [-0.39, 0.29) is 12.0 Å². The summed E-state index contributed by atoms with van der Waals surface area (Å²) >= 11 is 5.18. The minimum Gasteiger partial charge on any atom is -0.469 e. The number of methoxy groups -OCH3 is 1. The second kappa shape index (κ2) is 4.09. The van der Waals surface area contributed by atoms with Crippen molar-refractivity contribution in [2.24, 2.45) is 5.92 Å². The van der Waals surface area contributed by atoms with Crippen molar-refractivity contribution >= 4 is 23.3 Å². The first-order valence-corrected chi connectivity index (χ1v) is 6.40. The van der Waals surface area contributed by atoms with Crippen molar-refractivity contribution in [3.8, 4) is 5.75 Å². The SMILES string of the molecule is COC(=O)[C@@H]1[C@@H]2NC(=S)N[C@@]1(C)Oc1ccccc12. The molecule has 0 spiro atoms. The van der Waals surface area contributed by atoms with Crippen LogP contribution in [0.15, 0.2) is 24.3 Å². The van der Waals surface area contributed by atoms with E-state index in [1.165, 1.54) is 7.11 Å². The average molecular weight is 278 g/mol. The highest BCUT2D eigenvalue weighted by atomic mass is 32.1. The zero-order valence-corrected chi connectivity index (χ0v) is 11.4. The van der Waals surface area contributed by atoms with E-state index in [0.717, 1.165) is 11.3 Å². The molecule has 1 aromatic rings. The minimum absolute atomic E-state index is 0.240. The second-order valence-corrected chi connectivity index (χ2v) is 5.23. The van der Waals surface area contributed by atoms with Gasteiger partial charge in [0.15, 0.2) is 10.8 Å². The Morgan fingerprint density at radius 1 is 1.47 bits per heavy atom. The number of esters is 1. The normalized spacial score (nSPS) is 31.4. The van der Waals surface area contributed by atoms with Gasteiger partial charge in [-0.05, 0) is 25.2 Å². The van der Waals surface area contributed by atoms with Crippen LogP contribution >= 0.6 is 12.2 Å². The number of hydrogen-bond acceptors (Lipinski definition) is 4. The number of para-hydroxylation sites is 1. The van der Waals surface area contributed by atoms with Crippen molar-refractivity contribution in [2.75, 3.05) is 7.11 Å². The molecule has 0 aliphatic carbocycles. The third kappa shape index (κ3) is 1.74. The van der Waals surface area contributed by atoms with Crippen LogP contribution in [0.2, 0.25) is 0 Å². The van der Waals surface area contributed by atoms with E-state index < -0.39 is 11.6 Å². The molecule has 0 amide bonds. The molecule has 1 fully saturated rings. The average Bonchev–Trinajstić information content (AvgIpc) is 2.36. The lowest BCUT2D eigenvalue weighted by atomic mass is 9.80. The molecule has 1 saturated heterocycles. The van der Waals surface area contributed by atoms with E-state index >= 15 is 0 Å². The number of carbonyl (C=O) groups is 1. The third-order valence-electron chi connectivity index (χ3n) is 3.61. The second-order valence-electron chi connectivity index (χ2n) is 4.82. The van der Waals surface area contributed by atoms with Gasteiger partial charge in [-0.25, -0.2) is 0 Å². The van der Waals surface area contributed by atoms with Crippen molar-refractivity contribution in [1.29, 1.82) is 0 Å². The molecule has 0 unspecified atom stereocenters. The van der Waals surface area contributed by atoms with Crippen LogP contribution in [-0.4, -0.2) is 23.9 Å². The number of thiocarbonyl (C=S) groups is 1. The van der Waals surface area contributed by atoms with Crippen molar-refractivity contribution in [1.82, 2.24) is 10.6 Å². The fraction of sp³-hybridized carbons (Fsp3) is 0.385. The molecule has 2 aliphatic heterocycles. The number of nitrogens with one attached hydrogen (secondary N) is 2. The van der Waals surface area contributed by atoms with Crippen molar-refractivity contribution in [2.45, 2.75) is 18.7 Å². The summed E-state index contributed by atoms with van der Waals surface area (Å²) in [6.07, 6.45) is 0. The molecule has 0 saturated carbocycles. The summed E-state index contributed by atoms with van der Waals surface area (Å²) in [6.45, 7) is 1.81. The van der Waals surface area contributed by atoms with E-state index in [9.17, 15) is 4.79 Å². The standard InChI is InChI=1S/C13H14N2O3S/c1-13-9(11(16)17-2)10(14-12(19)15-13)7-5-3-4-6-8(7)18-13/h3-6,9-10H,1-2H3,(H2,14,15,19)/t9-,10+,13-/m0/s1. The van der Waals surface area contributed by atoms with Crippen molar-refractivity contribution in [3.05, 3.63) is 29.8 Å². The van der Waals surface area contributed by atoms with Crippen LogP contribution in [0.1, 0.15) is 18.5 Å². The van der Waals surface area contributed by atoms with Gasteiger partial charge in [-0.2, -0.15) is 0 Å². The Hall–Kier alpha value is -1.82. The predicted octanol–water partition coefficient (Wildman–Crippen LogP) is 1.10. The fourth-order valence-electron chi connectivity index (χ4n) is 2.77. The van der Waals surface area contributed by atoms with Gasteiger partial charge in [-0.3, -0.25) is 4.79 Å². The number of rotatable bonds is 1. The number of benzene rings is 1. The van der Waals surface area contributed by atoms with Gasteiger partial charge in [0.25, 0.3) is 0 Å². The van der Waals surface area contributed by atoms with Crippen molar-refractivity contribution < 1.29 is 14.3 Å². The molecule has 0 aromatic heterocycles. The molecule has 100 valence electrons. The van der Waals surface area contributed by atoms with Gasteiger partial charge in [0.05, 0.1) is 13.2 Å². The van der Waals surface area contributed by atoms with E-state index in [1.54, 1.807) is 0 Å². The van der Waals surface area contributed by atoms with Gasteiger partial charge < -0.3 is 20.1 Å². The highest BCUT2D eigenvalue weighted by Gasteiger charge is 2.55. The molecular weight excluding hydrogens is 264 g/mol. The first kappa shape index (κ1) is 12.2. The maximum atomic E-state index is 12.1. The first-order chi connectivity index (χ1) is 9.05. The topological polar surface area (TPSA) is 59.6 Å². The lowest BCUT2D eigenvalue weighted by molar-refractivity contribution is -0.159. The van der Waals surface area contributed by atoms with Gasteiger partial charge in [-0.15, -0.1) is 0 Å². The smallest absolute Gasteiger partial charge is 0.317 e. The van der Waals surface area contributed by atoms with Crippen LogP contribution in [0.25, 0.3) is 0 Å². The quantitative estimate of drug-likeness (QED) is 0.593. The summed E-state index contributed by atoms with van der Waals surface area (Å²) in [4.78, 5) is 12.1. The molecule has 2 heterocycles. The van der Waals surface area contributed by atoms with Crippen LogP contribution < -0.4 is 15.4 Å². The van der Waals surface area contributed by atoms with E-state index in [0.29, 0.717) is 5.11 Å². The number of hydrogen-bond donors (Lipinski definition) is 2. The zero-order chi connectivity index (χ0) is 13.6. The summed E-state index contributed by atoms with van der Waals surface area (Å²) in [5.74, 6) is -0.0822. The molecule has 1 aromatic carbocycles. The van der Waals surface area contributed by atoms with E-state index in [4.69, 9.17) is 21.7 Å². The largest absolute Gasteiger partial charge is 0.469 e. The first-order valence-electron chi connectivity index (χ1n) is 5.99. The monoisotopic (exact) mass is 278 g/mol. The minimum atomic E-state index is -0.894. The molecule has 19 heavy (non-hydrogen) atoms. The summed E-state index contributed by atoms with van der Waals surface area (Å²) < 4.78 is 10.9.